The maximum Gasteiger partial charge on any atom is 0.331 e. The van der Waals surface area contributed by atoms with Gasteiger partial charge in [-0.3, -0.25) is 0 Å². The molecule has 0 aliphatic heterocycles. The van der Waals surface area contributed by atoms with Crippen LogP contribution in [0, 0.1) is 20.8 Å². The van der Waals surface area contributed by atoms with Crippen LogP contribution in [-0.2, 0) is 22.7 Å². The Balaban J connectivity index is 1.37. The zero-order valence-electron chi connectivity index (χ0n) is 17.7. The van der Waals surface area contributed by atoms with Gasteiger partial charge in [-0.2, -0.15) is 4.98 Å². The maximum atomic E-state index is 12.2. The number of nitrogens with zero attached hydrogens (tertiary/aromatic N) is 3. The summed E-state index contributed by atoms with van der Waals surface area (Å²) in [6.07, 6.45) is 4.81. The van der Waals surface area contributed by atoms with E-state index in [1.807, 2.05) is 63.2 Å². The molecule has 3 heterocycles. The van der Waals surface area contributed by atoms with Gasteiger partial charge >= 0.3 is 5.97 Å². The van der Waals surface area contributed by atoms with Crippen LogP contribution in [0.1, 0.15) is 34.2 Å². The summed E-state index contributed by atoms with van der Waals surface area (Å²) in [6, 6.07) is 13.6. The van der Waals surface area contributed by atoms with Crippen LogP contribution in [0.5, 0.6) is 0 Å². The Morgan fingerprint density at radius 1 is 1.16 bits per heavy atom. The molecule has 4 aromatic rings. The molecule has 7 heteroatoms. The minimum atomic E-state index is -0.480. The third kappa shape index (κ3) is 4.66. The standard InChI is InChI=1S/C24H23N3O4/c1-16-7-4-5-9-21(16)24-25-22(31-26-24)15-30-23(28)11-10-19-13-17(2)27(18(19)3)14-20-8-6-12-29-20/h4-13H,14-15H2,1-3H3/b11-10+. The highest BCUT2D eigenvalue weighted by molar-refractivity contribution is 5.87. The van der Waals surface area contributed by atoms with Crippen LogP contribution in [0.2, 0.25) is 0 Å². The average molecular weight is 417 g/mol. The lowest BCUT2D eigenvalue weighted by Gasteiger charge is -2.07. The van der Waals surface area contributed by atoms with Crippen molar-refractivity contribution in [3.05, 3.63) is 89.0 Å². The van der Waals surface area contributed by atoms with Gasteiger partial charge in [-0.15, -0.1) is 0 Å². The lowest BCUT2D eigenvalue weighted by molar-refractivity contribution is -0.139. The molecule has 7 nitrogen and oxygen atoms in total. The molecule has 0 saturated heterocycles. The van der Waals surface area contributed by atoms with E-state index in [1.165, 1.54) is 6.08 Å². The fourth-order valence-corrected chi connectivity index (χ4v) is 3.38. The van der Waals surface area contributed by atoms with E-state index in [-0.39, 0.29) is 12.5 Å². The summed E-state index contributed by atoms with van der Waals surface area (Å²) in [4.78, 5) is 16.5. The van der Waals surface area contributed by atoms with E-state index < -0.39 is 5.97 Å². The van der Waals surface area contributed by atoms with Gasteiger partial charge in [-0.1, -0.05) is 29.4 Å². The minimum Gasteiger partial charge on any atom is -0.467 e. The van der Waals surface area contributed by atoms with Crippen molar-refractivity contribution in [2.24, 2.45) is 0 Å². The first-order valence-electron chi connectivity index (χ1n) is 9.94. The van der Waals surface area contributed by atoms with Gasteiger partial charge in [0.05, 0.1) is 12.8 Å². The van der Waals surface area contributed by atoms with Gasteiger partial charge in [-0.25, -0.2) is 4.79 Å². The second-order valence-electron chi connectivity index (χ2n) is 7.26. The number of aromatic nitrogens is 3. The van der Waals surface area contributed by atoms with Gasteiger partial charge in [-0.05, 0) is 56.2 Å². The quantitative estimate of drug-likeness (QED) is 0.315. The Hall–Kier alpha value is -3.87. The van der Waals surface area contributed by atoms with E-state index in [1.54, 1.807) is 12.3 Å². The van der Waals surface area contributed by atoms with Crippen molar-refractivity contribution >= 4 is 12.0 Å². The molecule has 0 spiro atoms. The van der Waals surface area contributed by atoms with Crippen LogP contribution < -0.4 is 0 Å². The maximum absolute atomic E-state index is 12.2. The number of benzene rings is 1. The largest absolute Gasteiger partial charge is 0.467 e. The number of furan rings is 1. The van der Waals surface area contributed by atoms with Crippen molar-refractivity contribution in [3.63, 3.8) is 0 Å². The molecule has 3 aromatic heterocycles. The van der Waals surface area contributed by atoms with Crippen molar-refractivity contribution in [3.8, 4) is 11.4 Å². The molecule has 0 fully saturated rings. The molecule has 0 aliphatic rings. The van der Waals surface area contributed by atoms with Crippen LogP contribution in [0.4, 0.5) is 0 Å². The normalized spacial score (nSPS) is 11.3. The lowest BCUT2D eigenvalue weighted by Crippen LogP contribution is -2.03. The zero-order valence-corrected chi connectivity index (χ0v) is 17.7. The molecule has 158 valence electrons. The average Bonchev–Trinajstić information content (AvgIpc) is 3.49. The van der Waals surface area contributed by atoms with Crippen LogP contribution in [0.3, 0.4) is 0 Å². The van der Waals surface area contributed by atoms with Gasteiger partial charge in [0, 0.05) is 23.0 Å². The molecule has 4 rings (SSSR count). The summed E-state index contributed by atoms with van der Waals surface area (Å²) in [5.74, 6) is 1.12. The zero-order chi connectivity index (χ0) is 21.8. The SMILES string of the molecule is Cc1ccccc1-c1noc(COC(=O)/C=C/c2cc(C)n(Cc3ccco3)c2C)n1. The van der Waals surface area contributed by atoms with Crippen molar-refractivity contribution < 1.29 is 18.5 Å². The first-order chi connectivity index (χ1) is 15.0. The predicted molar refractivity (Wildman–Crippen MR) is 115 cm³/mol. The summed E-state index contributed by atoms with van der Waals surface area (Å²) in [5, 5.41) is 3.97. The smallest absolute Gasteiger partial charge is 0.331 e. The first-order valence-corrected chi connectivity index (χ1v) is 9.94. The van der Waals surface area contributed by atoms with E-state index in [0.717, 1.165) is 33.8 Å². The summed E-state index contributed by atoms with van der Waals surface area (Å²) in [6.45, 7) is 6.56. The number of esters is 1. The summed E-state index contributed by atoms with van der Waals surface area (Å²) in [5.41, 5.74) is 4.99. The molecule has 0 atom stereocenters. The highest BCUT2D eigenvalue weighted by Gasteiger charge is 2.12. The predicted octanol–water partition coefficient (Wildman–Crippen LogP) is 4.86. The number of carbonyl (C=O) groups excluding carboxylic acids is 1. The molecule has 0 N–H and O–H groups in total. The van der Waals surface area contributed by atoms with Gasteiger partial charge in [0.2, 0.25) is 5.82 Å². The summed E-state index contributed by atoms with van der Waals surface area (Å²) < 4.78 is 18.0. The molecular formula is C24H23N3O4. The van der Waals surface area contributed by atoms with E-state index >= 15 is 0 Å². The third-order valence-corrected chi connectivity index (χ3v) is 5.10. The van der Waals surface area contributed by atoms with Crippen LogP contribution >= 0.6 is 0 Å². The van der Waals surface area contributed by atoms with Crippen molar-refractivity contribution in [2.75, 3.05) is 0 Å². The van der Waals surface area contributed by atoms with Crippen LogP contribution in [0.25, 0.3) is 17.5 Å². The monoisotopic (exact) mass is 417 g/mol. The third-order valence-electron chi connectivity index (χ3n) is 5.10. The van der Waals surface area contributed by atoms with Gasteiger partial charge in [0.15, 0.2) is 6.61 Å². The number of hydrogen-bond acceptors (Lipinski definition) is 6. The molecule has 0 unspecified atom stereocenters. The van der Waals surface area contributed by atoms with E-state index in [9.17, 15) is 4.79 Å². The first kappa shape index (κ1) is 20.4. The molecule has 31 heavy (non-hydrogen) atoms. The number of ether oxygens (including phenoxy) is 1. The Morgan fingerprint density at radius 3 is 2.77 bits per heavy atom. The molecule has 0 radical (unpaired) electrons. The van der Waals surface area contributed by atoms with E-state index in [0.29, 0.717) is 12.4 Å². The molecule has 1 aromatic carbocycles. The molecule has 0 saturated carbocycles. The summed E-state index contributed by atoms with van der Waals surface area (Å²) in [7, 11) is 0. The second-order valence-corrected chi connectivity index (χ2v) is 7.26. The van der Waals surface area contributed by atoms with Crippen molar-refractivity contribution in [1.29, 1.82) is 0 Å². The van der Waals surface area contributed by atoms with Gasteiger partial charge in [0.25, 0.3) is 5.89 Å². The Kier molecular flexibility index (Phi) is 5.84. The van der Waals surface area contributed by atoms with Crippen LogP contribution in [-0.4, -0.2) is 20.7 Å². The van der Waals surface area contributed by atoms with E-state index in [2.05, 4.69) is 14.7 Å². The number of hydrogen-bond donors (Lipinski definition) is 0. The van der Waals surface area contributed by atoms with Crippen molar-refractivity contribution in [2.45, 2.75) is 33.9 Å². The fraction of sp³-hybridized carbons (Fsp3) is 0.208. The number of rotatable bonds is 7. The highest BCUT2D eigenvalue weighted by Crippen LogP contribution is 2.21. The summed E-state index contributed by atoms with van der Waals surface area (Å²) >= 11 is 0. The molecule has 0 aliphatic carbocycles. The number of carbonyl (C=O) groups is 1. The molecule has 0 amide bonds. The highest BCUT2D eigenvalue weighted by atomic mass is 16.6. The Labute approximate surface area is 180 Å². The van der Waals surface area contributed by atoms with Crippen molar-refractivity contribution in [1.82, 2.24) is 14.7 Å². The Bertz CT molecular complexity index is 1220. The van der Waals surface area contributed by atoms with Gasteiger partial charge < -0.3 is 18.2 Å². The minimum absolute atomic E-state index is 0.0838. The molecular weight excluding hydrogens is 394 g/mol. The molecule has 0 bridgehead atoms. The fourth-order valence-electron chi connectivity index (χ4n) is 3.38. The Morgan fingerprint density at radius 2 is 2.00 bits per heavy atom. The number of aryl methyl sites for hydroxylation is 2. The second kappa shape index (κ2) is 8.87. The van der Waals surface area contributed by atoms with E-state index in [4.69, 9.17) is 13.7 Å². The topological polar surface area (TPSA) is 83.3 Å². The lowest BCUT2D eigenvalue weighted by atomic mass is 10.1. The van der Waals surface area contributed by atoms with Gasteiger partial charge in [0.1, 0.15) is 5.76 Å². The van der Waals surface area contributed by atoms with Crippen LogP contribution in [0.15, 0.2) is 63.7 Å².